The molecular formula is C17H22ClNO. The molecule has 0 aliphatic carbocycles. The quantitative estimate of drug-likeness (QED) is 0.782. The van der Waals surface area contributed by atoms with E-state index >= 15 is 0 Å². The fourth-order valence-corrected chi connectivity index (χ4v) is 2.26. The molecule has 1 N–H and O–H groups in total. The molecule has 0 amide bonds. The van der Waals surface area contributed by atoms with E-state index in [1.165, 1.54) is 0 Å². The first-order valence-electron chi connectivity index (χ1n) is 7.08. The highest BCUT2D eigenvalue weighted by Gasteiger charge is 2.13. The lowest BCUT2D eigenvalue weighted by Gasteiger charge is -2.24. The van der Waals surface area contributed by atoms with Crippen LogP contribution in [0.4, 0.5) is 0 Å². The van der Waals surface area contributed by atoms with Crippen molar-refractivity contribution in [3.05, 3.63) is 41.4 Å². The third-order valence-electron chi connectivity index (χ3n) is 3.68. The molecule has 20 heavy (non-hydrogen) atoms. The lowest BCUT2D eigenvalue weighted by Crippen LogP contribution is -2.40. The van der Waals surface area contributed by atoms with E-state index < -0.39 is 0 Å². The Kier molecular flexibility index (Phi) is 4.90. The molecule has 0 fully saturated rings. The molecular weight excluding hydrogens is 270 g/mol. The van der Waals surface area contributed by atoms with Gasteiger partial charge in [0, 0.05) is 27.9 Å². The molecule has 0 spiro atoms. The third-order valence-corrected chi connectivity index (χ3v) is 4.01. The fourth-order valence-electron chi connectivity index (χ4n) is 2.04. The van der Waals surface area contributed by atoms with Gasteiger partial charge in [-0.05, 0) is 32.4 Å². The van der Waals surface area contributed by atoms with Crippen LogP contribution in [0, 0.1) is 0 Å². The van der Waals surface area contributed by atoms with Gasteiger partial charge in [0.25, 0.3) is 0 Å². The largest absolute Gasteiger partial charge is 0.492 e. The Labute approximate surface area is 126 Å². The zero-order valence-electron chi connectivity index (χ0n) is 12.4. The maximum Gasteiger partial charge on any atom is 0.127 e. The minimum atomic E-state index is 0.158. The molecule has 2 nitrogen and oxygen atoms in total. The van der Waals surface area contributed by atoms with Crippen LogP contribution < -0.4 is 10.1 Å². The van der Waals surface area contributed by atoms with Gasteiger partial charge in [-0.2, -0.15) is 0 Å². The molecule has 0 atom stereocenters. The molecule has 2 aromatic carbocycles. The molecule has 3 heteroatoms. The van der Waals surface area contributed by atoms with Crippen LogP contribution in [0.5, 0.6) is 5.75 Å². The van der Waals surface area contributed by atoms with E-state index in [0.29, 0.717) is 6.61 Å². The summed E-state index contributed by atoms with van der Waals surface area (Å²) in [6, 6.07) is 11.9. The molecule has 0 bridgehead atoms. The summed E-state index contributed by atoms with van der Waals surface area (Å²) < 4.78 is 5.89. The zero-order chi connectivity index (χ0) is 14.6. The Balaban J connectivity index is 2.02. The molecule has 0 aliphatic rings. The van der Waals surface area contributed by atoms with Crippen molar-refractivity contribution in [3.8, 4) is 5.75 Å². The fraction of sp³-hybridized carbons (Fsp3) is 0.412. The molecule has 0 aromatic heterocycles. The van der Waals surface area contributed by atoms with Gasteiger partial charge in [0.1, 0.15) is 12.4 Å². The normalized spacial score (nSPS) is 11.8. The van der Waals surface area contributed by atoms with Crippen molar-refractivity contribution in [1.29, 1.82) is 0 Å². The summed E-state index contributed by atoms with van der Waals surface area (Å²) in [6.45, 7) is 8.06. The lowest BCUT2D eigenvalue weighted by atomic mass is 10.0. The van der Waals surface area contributed by atoms with Gasteiger partial charge in [-0.1, -0.05) is 42.8 Å². The highest BCUT2D eigenvalue weighted by Crippen LogP contribution is 2.31. The molecule has 2 aromatic rings. The van der Waals surface area contributed by atoms with Crippen LogP contribution in [0.15, 0.2) is 36.4 Å². The Bertz CT molecular complexity index is 580. The molecule has 0 unspecified atom stereocenters. The number of rotatable bonds is 6. The van der Waals surface area contributed by atoms with Crippen LogP contribution in [-0.2, 0) is 0 Å². The summed E-state index contributed by atoms with van der Waals surface area (Å²) in [5, 5.41) is 6.35. The number of halogens is 1. The summed E-state index contributed by atoms with van der Waals surface area (Å²) in [5.41, 5.74) is 0.158. The average Bonchev–Trinajstić information content (AvgIpc) is 2.46. The van der Waals surface area contributed by atoms with E-state index in [2.05, 4.69) is 26.1 Å². The van der Waals surface area contributed by atoms with Crippen LogP contribution >= 0.6 is 11.6 Å². The predicted molar refractivity (Wildman–Crippen MR) is 86.8 cm³/mol. The standard InChI is InChI=1S/C17H22ClNO/c1-4-17(2,3)19-11-12-20-16-10-9-15(18)13-7-5-6-8-14(13)16/h5-10,19H,4,11-12H2,1-3H3. The first-order chi connectivity index (χ1) is 9.53. The first-order valence-corrected chi connectivity index (χ1v) is 7.46. The van der Waals surface area contributed by atoms with Gasteiger partial charge in [0.05, 0.1) is 0 Å². The minimum Gasteiger partial charge on any atom is -0.492 e. The van der Waals surface area contributed by atoms with Gasteiger partial charge in [-0.15, -0.1) is 0 Å². The second-order valence-electron chi connectivity index (χ2n) is 5.60. The van der Waals surface area contributed by atoms with E-state index in [9.17, 15) is 0 Å². The van der Waals surface area contributed by atoms with Gasteiger partial charge in [0.15, 0.2) is 0 Å². The number of benzene rings is 2. The molecule has 0 aliphatic heterocycles. The summed E-state index contributed by atoms with van der Waals surface area (Å²) >= 11 is 6.20. The number of hydrogen-bond acceptors (Lipinski definition) is 2. The van der Waals surface area contributed by atoms with Crippen molar-refractivity contribution in [2.75, 3.05) is 13.2 Å². The number of hydrogen-bond donors (Lipinski definition) is 1. The van der Waals surface area contributed by atoms with Crippen molar-refractivity contribution in [2.24, 2.45) is 0 Å². The SMILES string of the molecule is CCC(C)(C)NCCOc1ccc(Cl)c2ccccc12. The highest BCUT2D eigenvalue weighted by atomic mass is 35.5. The van der Waals surface area contributed by atoms with E-state index in [-0.39, 0.29) is 5.54 Å². The van der Waals surface area contributed by atoms with Crippen molar-refractivity contribution >= 4 is 22.4 Å². The second-order valence-corrected chi connectivity index (χ2v) is 6.01. The molecule has 0 radical (unpaired) electrons. The van der Waals surface area contributed by atoms with E-state index in [1.54, 1.807) is 0 Å². The van der Waals surface area contributed by atoms with E-state index in [4.69, 9.17) is 16.3 Å². The molecule has 2 rings (SSSR count). The molecule has 0 saturated carbocycles. The number of ether oxygens (including phenoxy) is 1. The zero-order valence-corrected chi connectivity index (χ0v) is 13.1. The average molecular weight is 292 g/mol. The summed E-state index contributed by atoms with van der Waals surface area (Å²) in [5.74, 6) is 0.890. The molecule has 0 saturated heterocycles. The van der Waals surface area contributed by atoms with E-state index in [0.717, 1.165) is 34.5 Å². The number of nitrogens with one attached hydrogen (secondary N) is 1. The second kappa shape index (κ2) is 6.47. The van der Waals surface area contributed by atoms with Gasteiger partial charge in [-0.25, -0.2) is 0 Å². The number of fused-ring (bicyclic) bond motifs is 1. The third kappa shape index (κ3) is 3.65. The maximum absolute atomic E-state index is 6.20. The van der Waals surface area contributed by atoms with Crippen molar-refractivity contribution in [1.82, 2.24) is 5.32 Å². The van der Waals surface area contributed by atoms with Gasteiger partial charge >= 0.3 is 0 Å². The topological polar surface area (TPSA) is 21.3 Å². The van der Waals surface area contributed by atoms with Crippen molar-refractivity contribution in [3.63, 3.8) is 0 Å². The maximum atomic E-state index is 6.20. The van der Waals surface area contributed by atoms with Crippen LogP contribution in [0.2, 0.25) is 5.02 Å². The Morgan fingerprint density at radius 1 is 1.10 bits per heavy atom. The Morgan fingerprint density at radius 3 is 2.50 bits per heavy atom. The predicted octanol–water partition coefficient (Wildman–Crippen LogP) is 4.65. The van der Waals surface area contributed by atoms with Crippen molar-refractivity contribution < 1.29 is 4.74 Å². The van der Waals surface area contributed by atoms with Gasteiger partial charge in [0.2, 0.25) is 0 Å². The Hall–Kier alpha value is -1.25. The summed E-state index contributed by atoms with van der Waals surface area (Å²) in [6.07, 6.45) is 1.09. The highest BCUT2D eigenvalue weighted by molar-refractivity contribution is 6.35. The summed E-state index contributed by atoms with van der Waals surface area (Å²) in [4.78, 5) is 0. The van der Waals surface area contributed by atoms with Crippen LogP contribution in [-0.4, -0.2) is 18.7 Å². The lowest BCUT2D eigenvalue weighted by molar-refractivity contribution is 0.283. The monoisotopic (exact) mass is 291 g/mol. The van der Waals surface area contributed by atoms with Gasteiger partial charge in [-0.3, -0.25) is 0 Å². The molecule has 0 heterocycles. The first kappa shape index (κ1) is 15.1. The van der Waals surface area contributed by atoms with Crippen LogP contribution in [0.1, 0.15) is 27.2 Å². The summed E-state index contributed by atoms with van der Waals surface area (Å²) in [7, 11) is 0. The Morgan fingerprint density at radius 2 is 1.80 bits per heavy atom. The minimum absolute atomic E-state index is 0.158. The van der Waals surface area contributed by atoms with E-state index in [1.807, 2.05) is 36.4 Å². The van der Waals surface area contributed by atoms with Gasteiger partial charge < -0.3 is 10.1 Å². The van der Waals surface area contributed by atoms with Crippen LogP contribution in [0.25, 0.3) is 10.8 Å². The molecule has 108 valence electrons. The van der Waals surface area contributed by atoms with Crippen molar-refractivity contribution in [2.45, 2.75) is 32.7 Å². The smallest absolute Gasteiger partial charge is 0.127 e. The van der Waals surface area contributed by atoms with Crippen LogP contribution in [0.3, 0.4) is 0 Å².